The SMILES string of the molecule is CCOC(=O)c1ccc2c(c1)CC(NC(=O)CCl)C2. The molecular formula is C14H16ClNO3. The van der Waals surface area contributed by atoms with Crippen molar-refractivity contribution in [1.82, 2.24) is 5.32 Å². The molecule has 0 heterocycles. The monoisotopic (exact) mass is 281 g/mol. The second kappa shape index (κ2) is 6.06. The number of hydrogen-bond donors (Lipinski definition) is 1. The second-order valence-electron chi connectivity index (χ2n) is 4.51. The van der Waals surface area contributed by atoms with Crippen molar-refractivity contribution in [2.75, 3.05) is 12.5 Å². The summed E-state index contributed by atoms with van der Waals surface area (Å²) in [5.41, 5.74) is 2.81. The van der Waals surface area contributed by atoms with Crippen LogP contribution in [0.15, 0.2) is 18.2 Å². The Balaban J connectivity index is 2.07. The number of benzene rings is 1. The fourth-order valence-electron chi connectivity index (χ4n) is 2.33. The van der Waals surface area contributed by atoms with Gasteiger partial charge in [0.1, 0.15) is 5.88 Å². The van der Waals surface area contributed by atoms with Gasteiger partial charge in [-0.15, -0.1) is 11.6 Å². The van der Waals surface area contributed by atoms with Gasteiger partial charge in [-0.3, -0.25) is 4.79 Å². The van der Waals surface area contributed by atoms with Gasteiger partial charge in [0.25, 0.3) is 0 Å². The maximum Gasteiger partial charge on any atom is 0.338 e. The maximum absolute atomic E-state index is 11.6. The zero-order valence-electron chi connectivity index (χ0n) is 10.7. The number of nitrogens with one attached hydrogen (secondary N) is 1. The quantitative estimate of drug-likeness (QED) is 0.675. The summed E-state index contributed by atoms with van der Waals surface area (Å²) < 4.78 is 4.97. The number of ether oxygens (including phenoxy) is 1. The van der Waals surface area contributed by atoms with Crippen molar-refractivity contribution >= 4 is 23.5 Å². The van der Waals surface area contributed by atoms with Gasteiger partial charge in [0.15, 0.2) is 0 Å². The van der Waals surface area contributed by atoms with Gasteiger partial charge in [0.2, 0.25) is 5.91 Å². The van der Waals surface area contributed by atoms with E-state index in [1.54, 1.807) is 13.0 Å². The Morgan fingerprint density at radius 1 is 1.37 bits per heavy atom. The number of alkyl halides is 1. The third-order valence-electron chi connectivity index (χ3n) is 3.14. The number of carbonyl (C=O) groups excluding carboxylic acids is 2. The topological polar surface area (TPSA) is 55.4 Å². The fraction of sp³-hybridized carbons (Fsp3) is 0.429. The summed E-state index contributed by atoms with van der Waals surface area (Å²) in [6.07, 6.45) is 1.51. The Labute approximate surface area is 117 Å². The van der Waals surface area contributed by atoms with Crippen molar-refractivity contribution in [3.05, 3.63) is 34.9 Å². The number of rotatable bonds is 4. The highest BCUT2D eigenvalue weighted by atomic mass is 35.5. The van der Waals surface area contributed by atoms with Crippen molar-refractivity contribution in [1.29, 1.82) is 0 Å². The molecule has 1 unspecified atom stereocenters. The molecule has 102 valence electrons. The summed E-state index contributed by atoms with van der Waals surface area (Å²) in [4.78, 5) is 22.9. The lowest BCUT2D eigenvalue weighted by Crippen LogP contribution is -2.36. The van der Waals surface area contributed by atoms with Crippen molar-refractivity contribution in [3.8, 4) is 0 Å². The molecule has 1 aromatic rings. The van der Waals surface area contributed by atoms with Crippen LogP contribution in [0.1, 0.15) is 28.4 Å². The number of amides is 1. The van der Waals surface area contributed by atoms with Crippen LogP contribution in [0.5, 0.6) is 0 Å². The Hall–Kier alpha value is -1.55. The minimum Gasteiger partial charge on any atom is -0.462 e. The van der Waals surface area contributed by atoms with E-state index in [2.05, 4.69) is 5.32 Å². The average Bonchev–Trinajstić information content (AvgIpc) is 2.79. The zero-order chi connectivity index (χ0) is 13.8. The number of esters is 1. The van der Waals surface area contributed by atoms with Crippen LogP contribution in [0.3, 0.4) is 0 Å². The van der Waals surface area contributed by atoms with Crippen LogP contribution in [0.4, 0.5) is 0 Å². The van der Waals surface area contributed by atoms with Gasteiger partial charge in [0, 0.05) is 6.04 Å². The molecule has 2 rings (SSSR count). The van der Waals surface area contributed by atoms with Crippen LogP contribution in [0.2, 0.25) is 0 Å². The molecular weight excluding hydrogens is 266 g/mol. The van der Waals surface area contributed by atoms with Crippen LogP contribution in [-0.4, -0.2) is 30.4 Å². The van der Waals surface area contributed by atoms with E-state index in [1.165, 1.54) is 0 Å². The smallest absolute Gasteiger partial charge is 0.338 e. The Morgan fingerprint density at radius 2 is 2.11 bits per heavy atom. The van der Waals surface area contributed by atoms with E-state index in [0.29, 0.717) is 12.2 Å². The first-order valence-corrected chi connectivity index (χ1v) is 6.81. The van der Waals surface area contributed by atoms with Gasteiger partial charge in [-0.25, -0.2) is 4.79 Å². The molecule has 0 bridgehead atoms. The van der Waals surface area contributed by atoms with E-state index in [4.69, 9.17) is 16.3 Å². The third-order valence-corrected chi connectivity index (χ3v) is 3.38. The van der Waals surface area contributed by atoms with E-state index in [-0.39, 0.29) is 23.8 Å². The molecule has 1 amide bonds. The number of carbonyl (C=O) groups is 2. The molecule has 0 aliphatic heterocycles. The van der Waals surface area contributed by atoms with E-state index < -0.39 is 0 Å². The minimum absolute atomic E-state index is 0.0269. The highest BCUT2D eigenvalue weighted by Gasteiger charge is 2.23. The minimum atomic E-state index is -0.307. The molecule has 4 nitrogen and oxygen atoms in total. The van der Waals surface area contributed by atoms with Crippen LogP contribution in [-0.2, 0) is 22.4 Å². The van der Waals surface area contributed by atoms with Crippen molar-refractivity contribution in [2.45, 2.75) is 25.8 Å². The summed E-state index contributed by atoms with van der Waals surface area (Å²) in [7, 11) is 0. The van der Waals surface area contributed by atoms with E-state index in [9.17, 15) is 9.59 Å². The lowest BCUT2D eigenvalue weighted by atomic mass is 10.1. The molecule has 0 spiro atoms. The van der Waals surface area contributed by atoms with Gasteiger partial charge in [-0.1, -0.05) is 6.07 Å². The normalized spacial score (nSPS) is 16.8. The standard InChI is InChI=1S/C14H16ClNO3/c1-2-19-14(18)10-4-3-9-6-12(7-11(9)5-10)16-13(17)8-15/h3-5,12H,2,6-8H2,1H3,(H,16,17). The number of hydrogen-bond acceptors (Lipinski definition) is 3. The van der Waals surface area contributed by atoms with Gasteiger partial charge in [0.05, 0.1) is 12.2 Å². The van der Waals surface area contributed by atoms with Crippen molar-refractivity contribution in [2.24, 2.45) is 0 Å². The van der Waals surface area contributed by atoms with E-state index in [1.807, 2.05) is 12.1 Å². The first-order chi connectivity index (χ1) is 9.13. The molecule has 1 aliphatic rings. The maximum atomic E-state index is 11.6. The van der Waals surface area contributed by atoms with Crippen LogP contribution in [0.25, 0.3) is 0 Å². The molecule has 5 heteroatoms. The third kappa shape index (κ3) is 3.26. The predicted octanol–water partition coefficient (Wildman–Crippen LogP) is 1.69. The summed E-state index contributed by atoms with van der Waals surface area (Å²) >= 11 is 5.47. The van der Waals surface area contributed by atoms with Gasteiger partial charge < -0.3 is 10.1 Å². The Kier molecular flexibility index (Phi) is 4.43. The van der Waals surface area contributed by atoms with Gasteiger partial charge >= 0.3 is 5.97 Å². The fourth-order valence-corrected chi connectivity index (χ4v) is 2.41. The average molecular weight is 282 g/mol. The Bertz CT molecular complexity index is 501. The summed E-state index contributed by atoms with van der Waals surface area (Å²) in [6.45, 7) is 2.15. The van der Waals surface area contributed by atoms with Gasteiger partial charge in [-0.05, 0) is 43.0 Å². The van der Waals surface area contributed by atoms with Crippen molar-refractivity contribution in [3.63, 3.8) is 0 Å². The molecule has 0 radical (unpaired) electrons. The highest BCUT2D eigenvalue weighted by molar-refractivity contribution is 6.27. The van der Waals surface area contributed by atoms with Crippen molar-refractivity contribution < 1.29 is 14.3 Å². The molecule has 0 saturated carbocycles. The van der Waals surface area contributed by atoms with Crippen LogP contribution >= 0.6 is 11.6 Å². The van der Waals surface area contributed by atoms with Crippen LogP contribution < -0.4 is 5.32 Å². The van der Waals surface area contributed by atoms with E-state index in [0.717, 1.165) is 24.0 Å². The number of halogens is 1. The molecule has 0 aromatic heterocycles. The molecule has 1 aliphatic carbocycles. The molecule has 19 heavy (non-hydrogen) atoms. The largest absolute Gasteiger partial charge is 0.462 e. The second-order valence-corrected chi connectivity index (χ2v) is 4.78. The first kappa shape index (κ1) is 13.9. The molecule has 1 N–H and O–H groups in total. The zero-order valence-corrected chi connectivity index (χ0v) is 11.5. The Morgan fingerprint density at radius 3 is 2.79 bits per heavy atom. The lowest BCUT2D eigenvalue weighted by molar-refractivity contribution is -0.119. The van der Waals surface area contributed by atoms with Crippen LogP contribution in [0, 0.1) is 0 Å². The molecule has 0 saturated heterocycles. The highest BCUT2D eigenvalue weighted by Crippen LogP contribution is 2.23. The molecule has 1 atom stereocenters. The summed E-state index contributed by atoms with van der Waals surface area (Å²) in [5, 5.41) is 2.86. The summed E-state index contributed by atoms with van der Waals surface area (Å²) in [6, 6.07) is 5.61. The first-order valence-electron chi connectivity index (χ1n) is 6.28. The predicted molar refractivity (Wildman–Crippen MR) is 72.5 cm³/mol. The number of fused-ring (bicyclic) bond motifs is 1. The summed E-state index contributed by atoms with van der Waals surface area (Å²) in [5.74, 6) is -0.496. The van der Waals surface area contributed by atoms with Gasteiger partial charge in [-0.2, -0.15) is 0 Å². The lowest BCUT2D eigenvalue weighted by Gasteiger charge is -2.09. The molecule has 1 aromatic carbocycles. The van der Waals surface area contributed by atoms with E-state index >= 15 is 0 Å². The molecule has 0 fully saturated rings.